The quantitative estimate of drug-likeness (QED) is 0.832. The number of hydrogen-bond donors (Lipinski definition) is 1. The Bertz CT molecular complexity index is 390. The van der Waals surface area contributed by atoms with Crippen LogP contribution in [0.4, 0.5) is 5.69 Å². The Morgan fingerprint density at radius 3 is 2.28 bits per heavy atom. The number of carbonyl (C=O) groups excluding carboxylic acids is 1. The van der Waals surface area contributed by atoms with E-state index in [1.165, 1.54) is 5.56 Å². The smallest absolute Gasteiger partial charge is 0.328 e. The number of anilines is 1. The van der Waals surface area contributed by atoms with Crippen LogP contribution in [0.2, 0.25) is 0 Å². The van der Waals surface area contributed by atoms with Crippen LogP contribution in [-0.4, -0.2) is 18.6 Å². The lowest BCUT2D eigenvalue weighted by molar-refractivity contribution is -0.143. The van der Waals surface area contributed by atoms with Crippen LogP contribution in [0.15, 0.2) is 24.3 Å². The Morgan fingerprint density at radius 2 is 1.83 bits per heavy atom. The van der Waals surface area contributed by atoms with Crippen LogP contribution in [0.5, 0.6) is 0 Å². The Kier molecular flexibility index (Phi) is 4.76. The summed E-state index contributed by atoms with van der Waals surface area (Å²) >= 11 is 0. The summed E-state index contributed by atoms with van der Waals surface area (Å²) < 4.78 is 4.95. The predicted octanol–water partition coefficient (Wildman–Crippen LogP) is 3.35. The normalized spacial score (nSPS) is 12.9. The summed E-state index contributed by atoms with van der Waals surface area (Å²) in [6.07, 6.45) is 0. The maximum atomic E-state index is 11.5. The fraction of sp³-hybridized carbons (Fsp3) is 0.533. The second-order valence-corrected chi connectivity index (χ2v) is 5.45. The molecule has 0 aliphatic heterocycles. The first kappa shape index (κ1) is 14.6. The van der Waals surface area contributed by atoms with E-state index in [0.29, 0.717) is 6.61 Å². The second kappa shape index (κ2) is 5.89. The lowest BCUT2D eigenvalue weighted by atomic mass is 9.87. The number of carbonyl (C=O) groups is 1. The summed E-state index contributed by atoms with van der Waals surface area (Å²) in [5.74, 6) is -0.225. The van der Waals surface area contributed by atoms with Crippen molar-refractivity contribution in [2.75, 3.05) is 11.9 Å². The molecule has 0 saturated carbocycles. The van der Waals surface area contributed by atoms with E-state index < -0.39 is 0 Å². The van der Waals surface area contributed by atoms with Crippen LogP contribution in [0.1, 0.15) is 40.2 Å². The van der Waals surface area contributed by atoms with Gasteiger partial charge in [-0.2, -0.15) is 0 Å². The van der Waals surface area contributed by atoms with E-state index in [1.807, 2.05) is 19.1 Å². The van der Waals surface area contributed by atoms with E-state index in [2.05, 4.69) is 38.2 Å². The summed E-state index contributed by atoms with van der Waals surface area (Å²) in [4.78, 5) is 11.5. The average Bonchev–Trinajstić information content (AvgIpc) is 2.28. The van der Waals surface area contributed by atoms with Gasteiger partial charge in [-0.25, -0.2) is 4.79 Å². The molecular weight excluding hydrogens is 226 g/mol. The molecule has 0 bridgehead atoms. The number of hydrogen-bond acceptors (Lipinski definition) is 3. The van der Waals surface area contributed by atoms with Crippen molar-refractivity contribution in [2.24, 2.45) is 0 Å². The Labute approximate surface area is 110 Å². The number of benzene rings is 1. The molecule has 0 heterocycles. The minimum absolute atomic E-state index is 0.144. The molecule has 0 saturated heterocycles. The van der Waals surface area contributed by atoms with Crippen molar-refractivity contribution in [3.63, 3.8) is 0 Å². The molecule has 3 heteroatoms. The molecule has 0 spiro atoms. The maximum absolute atomic E-state index is 11.5. The lowest BCUT2D eigenvalue weighted by Crippen LogP contribution is -2.28. The van der Waals surface area contributed by atoms with Gasteiger partial charge in [-0.05, 0) is 37.0 Å². The van der Waals surface area contributed by atoms with Gasteiger partial charge in [-0.1, -0.05) is 32.9 Å². The van der Waals surface area contributed by atoms with Gasteiger partial charge in [-0.3, -0.25) is 0 Å². The second-order valence-electron chi connectivity index (χ2n) is 5.45. The van der Waals surface area contributed by atoms with Crippen LogP contribution in [0.25, 0.3) is 0 Å². The fourth-order valence-corrected chi connectivity index (χ4v) is 1.64. The number of esters is 1. The van der Waals surface area contributed by atoms with E-state index in [9.17, 15) is 4.79 Å². The molecule has 0 aromatic heterocycles. The average molecular weight is 249 g/mol. The highest BCUT2D eigenvalue weighted by atomic mass is 16.5. The van der Waals surface area contributed by atoms with E-state index in [-0.39, 0.29) is 17.4 Å². The topological polar surface area (TPSA) is 38.3 Å². The molecule has 0 amide bonds. The maximum Gasteiger partial charge on any atom is 0.328 e. The minimum atomic E-state index is -0.328. The Morgan fingerprint density at radius 1 is 1.28 bits per heavy atom. The van der Waals surface area contributed by atoms with Crippen molar-refractivity contribution in [1.29, 1.82) is 0 Å². The van der Waals surface area contributed by atoms with Gasteiger partial charge < -0.3 is 10.1 Å². The summed E-state index contributed by atoms with van der Waals surface area (Å²) in [5.41, 5.74) is 2.35. The minimum Gasteiger partial charge on any atom is -0.464 e. The SMILES string of the molecule is CCOC(=O)C(C)Nc1ccc(C(C)(C)C)cc1. The van der Waals surface area contributed by atoms with Gasteiger partial charge in [0.1, 0.15) is 6.04 Å². The van der Waals surface area contributed by atoms with Crippen LogP contribution in [-0.2, 0) is 14.9 Å². The van der Waals surface area contributed by atoms with E-state index >= 15 is 0 Å². The molecular formula is C15H23NO2. The van der Waals surface area contributed by atoms with Crippen molar-refractivity contribution in [3.8, 4) is 0 Å². The standard InChI is InChI=1S/C15H23NO2/c1-6-18-14(17)11(2)16-13-9-7-12(8-10-13)15(3,4)5/h7-11,16H,6H2,1-5H3. The van der Waals surface area contributed by atoms with Crippen LogP contribution < -0.4 is 5.32 Å². The van der Waals surface area contributed by atoms with Gasteiger partial charge in [0.2, 0.25) is 0 Å². The molecule has 18 heavy (non-hydrogen) atoms. The zero-order valence-electron chi connectivity index (χ0n) is 11.9. The number of nitrogens with one attached hydrogen (secondary N) is 1. The monoisotopic (exact) mass is 249 g/mol. The third-order valence-electron chi connectivity index (χ3n) is 2.77. The molecule has 1 rings (SSSR count). The Balaban J connectivity index is 2.67. The zero-order valence-corrected chi connectivity index (χ0v) is 11.9. The molecule has 1 aromatic rings. The first-order chi connectivity index (χ1) is 8.34. The van der Waals surface area contributed by atoms with Crippen molar-refractivity contribution in [3.05, 3.63) is 29.8 Å². The first-order valence-electron chi connectivity index (χ1n) is 6.38. The molecule has 1 unspecified atom stereocenters. The molecule has 0 aliphatic rings. The number of ether oxygens (including phenoxy) is 1. The summed E-state index contributed by atoms with van der Waals surface area (Å²) in [6, 6.07) is 7.83. The van der Waals surface area contributed by atoms with E-state index in [0.717, 1.165) is 5.69 Å². The molecule has 0 radical (unpaired) electrons. The van der Waals surface area contributed by atoms with Gasteiger partial charge in [-0.15, -0.1) is 0 Å². The first-order valence-corrected chi connectivity index (χ1v) is 6.38. The van der Waals surface area contributed by atoms with Gasteiger partial charge in [0.25, 0.3) is 0 Å². The molecule has 1 N–H and O–H groups in total. The van der Waals surface area contributed by atoms with E-state index in [1.54, 1.807) is 6.92 Å². The number of rotatable bonds is 4. The lowest BCUT2D eigenvalue weighted by Gasteiger charge is -2.20. The molecule has 3 nitrogen and oxygen atoms in total. The highest BCUT2D eigenvalue weighted by molar-refractivity contribution is 5.78. The van der Waals surface area contributed by atoms with Crippen molar-refractivity contribution < 1.29 is 9.53 Å². The van der Waals surface area contributed by atoms with Gasteiger partial charge in [0.05, 0.1) is 6.61 Å². The summed E-state index contributed by atoms with van der Waals surface area (Å²) in [6.45, 7) is 10.6. The molecule has 1 aromatic carbocycles. The Hall–Kier alpha value is -1.51. The van der Waals surface area contributed by atoms with Gasteiger partial charge in [0.15, 0.2) is 0 Å². The van der Waals surface area contributed by atoms with Crippen LogP contribution in [0, 0.1) is 0 Å². The highest BCUT2D eigenvalue weighted by Gasteiger charge is 2.15. The predicted molar refractivity (Wildman–Crippen MR) is 74.9 cm³/mol. The van der Waals surface area contributed by atoms with E-state index in [4.69, 9.17) is 4.74 Å². The molecule has 1 atom stereocenters. The third-order valence-corrected chi connectivity index (χ3v) is 2.77. The summed E-state index contributed by atoms with van der Waals surface area (Å²) in [7, 11) is 0. The largest absolute Gasteiger partial charge is 0.464 e. The van der Waals surface area contributed by atoms with Gasteiger partial charge >= 0.3 is 5.97 Å². The van der Waals surface area contributed by atoms with Crippen molar-refractivity contribution >= 4 is 11.7 Å². The van der Waals surface area contributed by atoms with Crippen molar-refractivity contribution in [1.82, 2.24) is 0 Å². The molecule has 0 fully saturated rings. The zero-order chi connectivity index (χ0) is 13.8. The fourth-order valence-electron chi connectivity index (χ4n) is 1.64. The van der Waals surface area contributed by atoms with Crippen LogP contribution in [0.3, 0.4) is 0 Å². The highest BCUT2D eigenvalue weighted by Crippen LogP contribution is 2.23. The third kappa shape index (κ3) is 4.06. The van der Waals surface area contributed by atoms with Crippen molar-refractivity contribution in [2.45, 2.75) is 46.1 Å². The molecule has 0 aliphatic carbocycles. The summed E-state index contributed by atoms with van der Waals surface area (Å²) in [5, 5.41) is 3.13. The van der Waals surface area contributed by atoms with Crippen LogP contribution >= 0.6 is 0 Å². The molecule has 100 valence electrons. The van der Waals surface area contributed by atoms with Gasteiger partial charge in [0, 0.05) is 5.69 Å².